The third-order valence-corrected chi connectivity index (χ3v) is 2.92. The van der Waals surface area contributed by atoms with Gasteiger partial charge in [-0.1, -0.05) is 30.3 Å². The smallest absolute Gasteiger partial charge is 0.326 e. The molecule has 0 fully saturated rings. The molecular weight excluding hydrogens is 282 g/mol. The SMILES string of the molecule is CN(CC(F)F)C(=O)NC(CCc1ccccc1)C(=O)O. The molecule has 1 unspecified atom stereocenters. The first-order valence-corrected chi connectivity index (χ1v) is 6.46. The molecule has 0 bridgehead atoms. The molecule has 0 aromatic heterocycles. The first-order valence-electron chi connectivity index (χ1n) is 6.46. The Kier molecular flexibility index (Phi) is 6.58. The molecule has 7 heteroatoms. The molecule has 0 heterocycles. The molecule has 0 saturated heterocycles. The van der Waals surface area contributed by atoms with Gasteiger partial charge in [-0.15, -0.1) is 0 Å². The van der Waals surface area contributed by atoms with Crippen molar-refractivity contribution in [3.05, 3.63) is 35.9 Å². The molecule has 0 aliphatic heterocycles. The van der Waals surface area contributed by atoms with Crippen LogP contribution in [0.4, 0.5) is 13.6 Å². The number of nitrogens with zero attached hydrogens (tertiary/aromatic N) is 1. The monoisotopic (exact) mass is 300 g/mol. The summed E-state index contributed by atoms with van der Waals surface area (Å²) < 4.78 is 24.3. The molecule has 1 aromatic carbocycles. The second-order valence-electron chi connectivity index (χ2n) is 4.64. The fraction of sp³-hybridized carbons (Fsp3) is 0.429. The molecular formula is C14H18F2N2O3. The van der Waals surface area contributed by atoms with Gasteiger partial charge in [0.05, 0.1) is 6.54 Å². The van der Waals surface area contributed by atoms with Gasteiger partial charge in [-0.2, -0.15) is 0 Å². The van der Waals surface area contributed by atoms with Gasteiger partial charge in [0.15, 0.2) is 0 Å². The van der Waals surface area contributed by atoms with Crippen LogP contribution in [0.3, 0.4) is 0 Å². The summed E-state index contributed by atoms with van der Waals surface area (Å²) in [7, 11) is 1.19. The zero-order valence-electron chi connectivity index (χ0n) is 11.6. The summed E-state index contributed by atoms with van der Waals surface area (Å²) in [6.07, 6.45) is -2.00. The van der Waals surface area contributed by atoms with Crippen molar-refractivity contribution in [3.63, 3.8) is 0 Å². The van der Waals surface area contributed by atoms with E-state index in [9.17, 15) is 18.4 Å². The van der Waals surface area contributed by atoms with E-state index in [1.54, 1.807) is 0 Å². The highest BCUT2D eigenvalue weighted by atomic mass is 19.3. The maximum atomic E-state index is 12.2. The third-order valence-electron chi connectivity index (χ3n) is 2.92. The number of carbonyl (C=O) groups is 2. The maximum absolute atomic E-state index is 12.2. The third kappa shape index (κ3) is 6.20. The van der Waals surface area contributed by atoms with Gasteiger partial charge in [-0.25, -0.2) is 18.4 Å². The van der Waals surface area contributed by atoms with Gasteiger partial charge in [0, 0.05) is 7.05 Å². The molecule has 0 spiro atoms. The van der Waals surface area contributed by atoms with Gasteiger partial charge in [-0.3, -0.25) is 0 Å². The fourth-order valence-electron chi connectivity index (χ4n) is 1.76. The lowest BCUT2D eigenvalue weighted by Gasteiger charge is -2.21. The van der Waals surface area contributed by atoms with E-state index in [1.165, 1.54) is 7.05 Å². The Morgan fingerprint density at radius 1 is 1.29 bits per heavy atom. The minimum absolute atomic E-state index is 0.188. The van der Waals surface area contributed by atoms with Crippen LogP contribution in [0.5, 0.6) is 0 Å². The molecule has 21 heavy (non-hydrogen) atoms. The lowest BCUT2D eigenvalue weighted by molar-refractivity contribution is -0.139. The lowest BCUT2D eigenvalue weighted by atomic mass is 10.1. The van der Waals surface area contributed by atoms with Crippen molar-refractivity contribution < 1.29 is 23.5 Å². The van der Waals surface area contributed by atoms with Gasteiger partial charge in [0.1, 0.15) is 6.04 Å². The summed E-state index contributed by atoms with van der Waals surface area (Å²) in [6, 6.07) is 7.28. The highest BCUT2D eigenvalue weighted by molar-refractivity contribution is 5.82. The van der Waals surface area contributed by atoms with Crippen molar-refractivity contribution in [2.45, 2.75) is 25.3 Å². The van der Waals surface area contributed by atoms with E-state index in [4.69, 9.17) is 5.11 Å². The zero-order valence-corrected chi connectivity index (χ0v) is 11.6. The number of urea groups is 1. The number of alkyl halides is 2. The van der Waals surface area contributed by atoms with Crippen LogP contribution < -0.4 is 5.32 Å². The van der Waals surface area contributed by atoms with Crippen LogP contribution in [0.25, 0.3) is 0 Å². The molecule has 0 radical (unpaired) electrons. The Labute approximate surface area is 121 Å². The summed E-state index contributed by atoms with van der Waals surface area (Å²) in [5, 5.41) is 11.3. The standard InChI is InChI=1S/C14H18F2N2O3/c1-18(9-12(15)16)14(21)17-11(13(19)20)8-7-10-5-3-2-4-6-10/h2-6,11-12H,7-9H2,1H3,(H,17,21)(H,19,20). The second kappa shape index (κ2) is 8.18. The number of halogens is 2. The van der Waals surface area contributed by atoms with Crippen LogP contribution >= 0.6 is 0 Å². The topological polar surface area (TPSA) is 69.6 Å². The van der Waals surface area contributed by atoms with E-state index < -0.39 is 31.0 Å². The zero-order chi connectivity index (χ0) is 15.8. The largest absolute Gasteiger partial charge is 0.480 e. The number of carboxylic acids is 1. The second-order valence-corrected chi connectivity index (χ2v) is 4.64. The van der Waals surface area contributed by atoms with Crippen molar-refractivity contribution in [3.8, 4) is 0 Å². The molecule has 1 atom stereocenters. The van der Waals surface area contributed by atoms with Gasteiger partial charge in [0.25, 0.3) is 6.43 Å². The molecule has 116 valence electrons. The summed E-state index contributed by atoms with van der Waals surface area (Å²) in [5.74, 6) is -1.19. The molecule has 2 amide bonds. The minimum atomic E-state index is -2.66. The van der Waals surface area contributed by atoms with Crippen molar-refractivity contribution in [1.82, 2.24) is 10.2 Å². The van der Waals surface area contributed by atoms with Crippen LogP contribution in [0.2, 0.25) is 0 Å². The van der Waals surface area contributed by atoms with E-state index in [0.717, 1.165) is 10.5 Å². The number of aliphatic carboxylic acids is 1. The average Bonchev–Trinajstić information content (AvgIpc) is 2.43. The van der Waals surface area contributed by atoms with Gasteiger partial charge in [0.2, 0.25) is 0 Å². The molecule has 0 saturated carbocycles. The van der Waals surface area contributed by atoms with Crippen LogP contribution in [-0.2, 0) is 11.2 Å². The Hall–Kier alpha value is -2.18. The Morgan fingerprint density at radius 2 is 1.90 bits per heavy atom. The van der Waals surface area contributed by atoms with Gasteiger partial charge in [-0.05, 0) is 18.4 Å². The molecule has 0 aliphatic rings. The Bertz CT molecular complexity index is 469. The molecule has 2 N–H and O–H groups in total. The van der Waals surface area contributed by atoms with E-state index in [-0.39, 0.29) is 6.42 Å². The number of nitrogens with one attached hydrogen (secondary N) is 1. The first-order chi connectivity index (χ1) is 9.90. The highest BCUT2D eigenvalue weighted by Crippen LogP contribution is 2.06. The first kappa shape index (κ1) is 16.9. The van der Waals surface area contributed by atoms with Crippen LogP contribution in [-0.4, -0.2) is 48.1 Å². The molecule has 0 aliphatic carbocycles. The molecule has 1 aromatic rings. The number of amides is 2. The minimum Gasteiger partial charge on any atom is -0.480 e. The van der Waals surface area contributed by atoms with Crippen molar-refractivity contribution in [1.29, 1.82) is 0 Å². The van der Waals surface area contributed by atoms with E-state index in [0.29, 0.717) is 6.42 Å². The number of carboxylic acid groups (broad SMARTS) is 1. The number of carbonyl (C=O) groups excluding carboxylic acids is 1. The fourth-order valence-corrected chi connectivity index (χ4v) is 1.76. The number of benzene rings is 1. The van der Waals surface area contributed by atoms with Crippen LogP contribution in [0.15, 0.2) is 30.3 Å². The summed E-state index contributed by atoms with van der Waals surface area (Å²) in [5.41, 5.74) is 0.943. The maximum Gasteiger partial charge on any atom is 0.326 e. The van der Waals surface area contributed by atoms with Crippen molar-refractivity contribution in [2.24, 2.45) is 0 Å². The summed E-state index contributed by atoms with van der Waals surface area (Å²) in [4.78, 5) is 23.5. The molecule has 1 rings (SSSR count). The predicted octanol–water partition coefficient (Wildman–Crippen LogP) is 1.98. The van der Waals surface area contributed by atoms with E-state index >= 15 is 0 Å². The quantitative estimate of drug-likeness (QED) is 0.809. The number of rotatable bonds is 7. The number of hydrogen-bond donors (Lipinski definition) is 2. The normalized spacial score (nSPS) is 12.0. The lowest BCUT2D eigenvalue weighted by Crippen LogP contribution is -2.47. The summed E-state index contributed by atoms with van der Waals surface area (Å²) in [6.45, 7) is -0.739. The predicted molar refractivity (Wildman–Crippen MR) is 73.4 cm³/mol. The van der Waals surface area contributed by atoms with Gasteiger partial charge >= 0.3 is 12.0 Å². The number of hydrogen-bond acceptors (Lipinski definition) is 2. The van der Waals surface area contributed by atoms with Crippen molar-refractivity contribution >= 4 is 12.0 Å². The van der Waals surface area contributed by atoms with Crippen molar-refractivity contribution in [2.75, 3.05) is 13.6 Å². The average molecular weight is 300 g/mol. The van der Waals surface area contributed by atoms with Gasteiger partial charge < -0.3 is 15.3 Å². The Balaban J connectivity index is 2.54. The van der Waals surface area contributed by atoms with E-state index in [1.807, 2.05) is 30.3 Å². The van der Waals surface area contributed by atoms with Crippen LogP contribution in [0, 0.1) is 0 Å². The molecule has 5 nitrogen and oxygen atoms in total. The Morgan fingerprint density at radius 3 is 2.43 bits per heavy atom. The number of aryl methyl sites for hydroxylation is 1. The van der Waals surface area contributed by atoms with Crippen LogP contribution in [0.1, 0.15) is 12.0 Å². The summed E-state index contributed by atoms with van der Waals surface area (Å²) >= 11 is 0. The highest BCUT2D eigenvalue weighted by Gasteiger charge is 2.22. The van der Waals surface area contributed by atoms with E-state index in [2.05, 4.69) is 5.32 Å².